The fraction of sp³-hybridized carbons (Fsp3) is 0.500. The average molecular weight is 364 g/mol. The molecule has 0 radical (unpaired) electrons. The fourth-order valence-electron chi connectivity index (χ4n) is 0.632. The van der Waals surface area contributed by atoms with Crippen LogP contribution in [0, 0.1) is 0 Å². The van der Waals surface area contributed by atoms with Crippen LogP contribution in [0.25, 0.3) is 0 Å². The molecule has 1 aromatic heterocycles. The van der Waals surface area contributed by atoms with Gasteiger partial charge in [0.1, 0.15) is 0 Å². The maximum atomic E-state index is 12.1. The van der Waals surface area contributed by atoms with Crippen LogP contribution in [-0.2, 0) is 26.2 Å². The van der Waals surface area contributed by atoms with E-state index in [9.17, 15) is 43.5 Å². The van der Waals surface area contributed by atoms with Crippen LogP contribution >= 0.6 is 11.3 Å². The van der Waals surface area contributed by atoms with Crippen LogP contribution < -0.4 is 0 Å². The first-order valence-corrected chi connectivity index (χ1v) is 7.58. The highest BCUT2D eigenvalue weighted by Gasteiger charge is 2.47. The monoisotopic (exact) mass is 364 g/mol. The number of hydrogen-bond acceptors (Lipinski definition) is 7. The first-order chi connectivity index (χ1) is 8.67. The van der Waals surface area contributed by atoms with Crippen LogP contribution in [0.1, 0.15) is 5.01 Å². The van der Waals surface area contributed by atoms with Gasteiger partial charge in [0.05, 0.1) is 10.0 Å². The quantitative estimate of drug-likeness (QED) is 0.733. The number of sulfonamides is 1. The lowest BCUT2D eigenvalue weighted by Crippen LogP contribution is -2.22. The standard InChI is InChI=1S/C4HF6N3O4S3/c5-3(6,7)1-11-12-2(18-1)19(14,15)13-20(16,17)4(8,9)10/h(H,13,14,15)/p-1. The largest absolute Gasteiger partial charge is 0.758 e. The molecule has 0 spiro atoms. The highest BCUT2D eigenvalue weighted by atomic mass is 32.3. The molecular formula is C4F6N3O4S3-. The second kappa shape index (κ2) is 4.78. The summed E-state index contributed by atoms with van der Waals surface area (Å²) in [6, 6.07) is 0. The molecule has 1 rings (SSSR count). The van der Waals surface area contributed by atoms with Crippen LogP contribution in [-0.4, -0.2) is 32.9 Å². The van der Waals surface area contributed by atoms with Gasteiger partial charge in [0.25, 0.3) is 0 Å². The minimum absolute atomic E-state index is 0.663. The predicted molar refractivity (Wildman–Crippen MR) is 49.5 cm³/mol. The summed E-state index contributed by atoms with van der Waals surface area (Å²) in [5.41, 5.74) is -6.02. The molecule has 0 amide bonds. The van der Waals surface area contributed by atoms with Gasteiger partial charge in [0.2, 0.25) is 9.35 Å². The summed E-state index contributed by atoms with van der Waals surface area (Å²) in [6.07, 6.45) is -5.09. The van der Waals surface area contributed by atoms with E-state index in [2.05, 4.69) is 10.2 Å². The van der Waals surface area contributed by atoms with Crippen molar-refractivity contribution < 1.29 is 43.5 Å². The van der Waals surface area contributed by atoms with Gasteiger partial charge in [-0.05, 0) is 0 Å². The van der Waals surface area contributed by atoms with Crippen molar-refractivity contribution in [1.82, 2.24) is 10.2 Å². The van der Waals surface area contributed by atoms with E-state index in [1.165, 1.54) is 3.77 Å². The Hall–Kier alpha value is -1.00. The fourth-order valence-corrected chi connectivity index (χ4v) is 3.78. The van der Waals surface area contributed by atoms with Crippen molar-refractivity contribution in [3.05, 3.63) is 5.01 Å². The number of alkyl halides is 6. The zero-order chi connectivity index (χ0) is 16.0. The summed E-state index contributed by atoms with van der Waals surface area (Å²) in [7, 11) is -12.0. The van der Waals surface area contributed by atoms with Crippen LogP contribution in [0.3, 0.4) is 0 Å². The second-order valence-electron chi connectivity index (χ2n) is 2.84. The Morgan fingerprint density at radius 2 is 1.55 bits per heavy atom. The first-order valence-electron chi connectivity index (χ1n) is 3.88. The lowest BCUT2D eigenvalue weighted by molar-refractivity contribution is -0.138. The Bertz CT molecular complexity index is 723. The van der Waals surface area contributed by atoms with E-state index in [0.29, 0.717) is 0 Å². The molecule has 0 aromatic carbocycles. The molecule has 0 aliphatic carbocycles. The molecule has 0 saturated carbocycles. The van der Waals surface area contributed by atoms with Gasteiger partial charge >= 0.3 is 21.7 Å². The highest BCUT2D eigenvalue weighted by molar-refractivity contribution is 8.01. The van der Waals surface area contributed by atoms with Crippen molar-refractivity contribution in [2.24, 2.45) is 3.77 Å². The molecule has 0 saturated heterocycles. The Balaban J connectivity index is 3.39. The normalized spacial score (nSPS) is 16.8. The van der Waals surface area contributed by atoms with Gasteiger partial charge in [0, 0.05) is 0 Å². The summed E-state index contributed by atoms with van der Waals surface area (Å²) in [6.45, 7) is 0. The van der Waals surface area contributed by atoms with E-state index in [1.807, 2.05) is 0 Å². The average Bonchev–Trinajstić information content (AvgIpc) is 2.61. The smallest absolute Gasteiger partial charge is 0.519 e. The summed E-state index contributed by atoms with van der Waals surface area (Å²) >= 11 is -0.663. The first kappa shape index (κ1) is 17.1. The summed E-state index contributed by atoms with van der Waals surface area (Å²) in [5, 5.41) is 3.05. The Kier molecular flexibility index (Phi) is 4.07. The molecule has 0 aliphatic rings. The molecule has 1 atom stereocenters. The summed E-state index contributed by atoms with van der Waals surface area (Å²) < 4.78 is 115. The molecular weight excluding hydrogens is 364 g/mol. The third-order valence-electron chi connectivity index (χ3n) is 1.36. The third kappa shape index (κ3) is 3.55. The van der Waals surface area contributed by atoms with Crippen LogP contribution in [0.2, 0.25) is 0 Å². The zero-order valence-electron chi connectivity index (χ0n) is 8.47. The molecule has 0 N–H and O–H groups in total. The number of rotatable bonds is 2. The molecule has 0 aliphatic heterocycles. The molecule has 1 aromatic rings. The van der Waals surface area contributed by atoms with E-state index < -0.39 is 52.4 Å². The maximum Gasteiger partial charge on any atom is 0.519 e. The van der Waals surface area contributed by atoms with Gasteiger partial charge < -0.3 is 4.55 Å². The third-order valence-corrected chi connectivity index (χ3v) is 5.68. The van der Waals surface area contributed by atoms with Gasteiger partial charge in [-0.3, -0.25) is 4.21 Å². The van der Waals surface area contributed by atoms with Crippen molar-refractivity contribution in [3.63, 3.8) is 0 Å². The van der Waals surface area contributed by atoms with Gasteiger partial charge in [-0.1, -0.05) is 11.3 Å². The minimum atomic E-state index is -6.44. The molecule has 7 nitrogen and oxygen atoms in total. The molecule has 0 bridgehead atoms. The van der Waals surface area contributed by atoms with E-state index in [4.69, 9.17) is 0 Å². The topological polar surface area (TPSA) is 112 Å². The van der Waals surface area contributed by atoms with Gasteiger partial charge in [-0.15, -0.1) is 14.0 Å². The van der Waals surface area contributed by atoms with Crippen LogP contribution in [0.5, 0.6) is 0 Å². The Morgan fingerprint density at radius 1 is 1.05 bits per heavy atom. The molecule has 20 heavy (non-hydrogen) atoms. The van der Waals surface area contributed by atoms with E-state index in [1.54, 1.807) is 0 Å². The molecule has 1 unspecified atom stereocenters. The summed E-state index contributed by atoms with van der Waals surface area (Å²) in [4.78, 5) is 0. The number of aromatic nitrogens is 2. The molecule has 0 fully saturated rings. The lowest BCUT2D eigenvalue weighted by Gasteiger charge is -2.10. The minimum Gasteiger partial charge on any atom is -0.758 e. The SMILES string of the molecule is O=S(=O)(N=S(=O)([O-])c1nnc(C(F)(F)F)s1)C(F)(F)F. The Labute approximate surface area is 110 Å². The number of hydrogen-bond donors (Lipinski definition) is 0. The van der Waals surface area contributed by atoms with Gasteiger partial charge in [0.15, 0.2) is 0 Å². The number of nitrogens with zero attached hydrogens (tertiary/aromatic N) is 3. The lowest BCUT2D eigenvalue weighted by atomic mass is 10.7. The van der Waals surface area contributed by atoms with Gasteiger partial charge in [-0.25, -0.2) is 0 Å². The maximum absolute atomic E-state index is 12.1. The predicted octanol–water partition coefficient (Wildman–Crippen LogP) is 1.36. The Morgan fingerprint density at radius 3 is 1.90 bits per heavy atom. The number of halogens is 6. The molecule has 16 heteroatoms. The van der Waals surface area contributed by atoms with Crippen LogP contribution in [0.15, 0.2) is 8.11 Å². The van der Waals surface area contributed by atoms with E-state index in [0.717, 1.165) is 0 Å². The highest BCUT2D eigenvalue weighted by Crippen LogP contribution is 2.34. The summed E-state index contributed by atoms with van der Waals surface area (Å²) in [5.74, 6) is 0. The zero-order valence-corrected chi connectivity index (χ0v) is 10.9. The van der Waals surface area contributed by atoms with Crippen molar-refractivity contribution in [2.75, 3.05) is 0 Å². The van der Waals surface area contributed by atoms with Crippen LogP contribution in [0.4, 0.5) is 26.3 Å². The van der Waals surface area contributed by atoms with Crippen molar-refractivity contribution in [2.45, 2.75) is 16.0 Å². The van der Waals surface area contributed by atoms with E-state index in [-0.39, 0.29) is 0 Å². The second-order valence-corrected chi connectivity index (χ2v) is 7.42. The molecule has 116 valence electrons. The van der Waals surface area contributed by atoms with Gasteiger partial charge in [-0.2, -0.15) is 34.8 Å². The van der Waals surface area contributed by atoms with Crippen molar-refractivity contribution >= 4 is 31.4 Å². The van der Waals surface area contributed by atoms with E-state index >= 15 is 0 Å². The molecule has 1 heterocycles. The van der Waals surface area contributed by atoms with Crippen molar-refractivity contribution in [1.29, 1.82) is 0 Å². The van der Waals surface area contributed by atoms with Crippen molar-refractivity contribution in [3.8, 4) is 0 Å².